The number of carbonyl (C=O) groups is 2. The van der Waals surface area contributed by atoms with Crippen molar-refractivity contribution in [2.75, 3.05) is 6.54 Å². The maximum Gasteiger partial charge on any atom is 0.471 e. The van der Waals surface area contributed by atoms with Crippen molar-refractivity contribution in [3.63, 3.8) is 0 Å². The number of amides is 1. The molecule has 7 heteroatoms. The lowest BCUT2D eigenvalue weighted by molar-refractivity contribution is -0.173. The average molecular weight is 241 g/mol. The van der Waals surface area contributed by atoms with E-state index in [-0.39, 0.29) is 18.9 Å². The third-order valence-corrected chi connectivity index (χ3v) is 2.16. The van der Waals surface area contributed by atoms with Crippen LogP contribution in [0.25, 0.3) is 0 Å². The minimum atomic E-state index is -4.93. The largest absolute Gasteiger partial charge is 0.481 e. The van der Waals surface area contributed by atoms with Gasteiger partial charge in [-0.25, -0.2) is 0 Å². The number of carbonyl (C=O) groups excluding carboxylic acids is 1. The number of carboxylic acids is 1. The number of hydrogen-bond acceptors (Lipinski definition) is 2. The second-order valence-electron chi connectivity index (χ2n) is 3.81. The van der Waals surface area contributed by atoms with Crippen LogP contribution in [-0.4, -0.2) is 29.7 Å². The Morgan fingerprint density at radius 1 is 1.31 bits per heavy atom. The number of rotatable bonds is 5. The molecule has 0 aliphatic carbocycles. The summed E-state index contributed by atoms with van der Waals surface area (Å²) in [6.07, 6.45) is -5.19. The van der Waals surface area contributed by atoms with Gasteiger partial charge in [-0.1, -0.05) is 13.8 Å². The molecule has 4 nitrogen and oxygen atoms in total. The van der Waals surface area contributed by atoms with E-state index in [1.165, 1.54) is 0 Å². The molecule has 0 aromatic heterocycles. The van der Waals surface area contributed by atoms with Gasteiger partial charge in [-0.05, 0) is 11.8 Å². The molecule has 0 radical (unpaired) electrons. The summed E-state index contributed by atoms with van der Waals surface area (Å²) in [4.78, 5) is 20.9. The van der Waals surface area contributed by atoms with Crippen LogP contribution in [0.5, 0.6) is 0 Å². The zero-order valence-electron chi connectivity index (χ0n) is 8.97. The second kappa shape index (κ2) is 5.72. The Labute approximate surface area is 90.8 Å². The van der Waals surface area contributed by atoms with Gasteiger partial charge in [-0.2, -0.15) is 13.2 Å². The predicted octanol–water partition coefficient (Wildman–Crippen LogP) is 1.41. The van der Waals surface area contributed by atoms with Gasteiger partial charge < -0.3 is 10.4 Å². The van der Waals surface area contributed by atoms with Crippen molar-refractivity contribution in [3.8, 4) is 0 Å². The van der Waals surface area contributed by atoms with E-state index in [0.29, 0.717) is 0 Å². The number of halogens is 3. The van der Waals surface area contributed by atoms with E-state index in [2.05, 4.69) is 0 Å². The van der Waals surface area contributed by atoms with E-state index >= 15 is 0 Å². The Bertz CT molecular complexity index is 263. The third-order valence-electron chi connectivity index (χ3n) is 2.16. The van der Waals surface area contributed by atoms with Crippen molar-refractivity contribution in [2.24, 2.45) is 11.8 Å². The molecule has 0 aromatic carbocycles. The fourth-order valence-corrected chi connectivity index (χ4v) is 1.09. The van der Waals surface area contributed by atoms with E-state index in [0.717, 1.165) is 0 Å². The van der Waals surface area contributed by atoms with Crippen molar-refractivity contribution in [2.45, 2.75) is 26.4 Å². The fourth-order valence-electron chi connectivity index (χ4n) is 1.09. The highest BCUT2D eigenvalue weighted by Gasteiger charge is 2.38. The molecule has 2 N–H and O–H groups in total. The zero-order valence-corrected chi connectivity index (χ0v) is 8.97. The Hall–Kier alpha value is -1.27. The Morgan fingerprint density at radius 2 is 1.81 bits per heavy atom. The number of nitrogens with one attached hydrogen (secondary N) is 1. The number of aliphatic carboxylic acids is 1. The molecule has 0 aromatic rings. The predicted molar refractivity (Wildman–Crippen MR) is 49.6 cm³/mol. The van der Waals surface area contributed by atoms with E-state index < -0.39 is 24.0 Å². The van der Waals surface area contributed by atoms with Crippen molar-refractivity contribution >= 4 is 11.9 Å². The molecule has 0 bridgehead atoms. The summed E-state index contributed by atoms with van der Waals surface area (Å²) >= 11 is 0. The van der Waals surface area contributed by atoms with E-state index in [1.807, 2.05) is 0 Å². The first-order valence-corrected chi connectivity index (χ1v) is 4.71. The van der Waals surface area contributed by atoms with Crippen LogP contribution in [0.3, 0.4) is 0 Å². The Balaban J connectivity index is 4.23. The van der Waals surface area contributed by atoms with Gasteiger partial charge in [0.1, 0.15) is 0 Å². The van der Waals surface area contributed by atoms with Crippen LogP contribution in [0.4, 0.5) is 13.2 Å². The van der Waals surface area contributed by atoms with Crippen LogP contribution in [0, 0.1) is 11.8 Å². The zero-order chi connectivity index (χ0) is 12.9. The summed E-state index contributed by atoms with van der Waals surface area (Å²) in [7, 11) is 0. The van der Waals surface area contributed by atoms with Gasteiger partial charge in [-0.15, -0.1) is 0 Å². The van der Waals surface area contributed by atoms with Crippen molar-refractivity contribution in [1.82, 2.24) is 5.32 Å². The average Bonchev–Trinajstić information content (AvgIpc) is 2.08. The molecule has 0 rings (SSSR count). The summed E-state index contributed by atoms with van der Waals surface area (Å²) in [5.41, 5.74) is 0. The van der Waals surface area contributed by atoms with E-state index in [9.17, 15) is 22.8 Å². The first-order valence-electron chi connectivity index (χ1n) is 4.71. The van der Waals surface area contributed by atoms with Crippen molar-refractivity contribution < 1.29 is 27.9 Å². The van der Waals surface area contributed by atoms with Gasteiger partial charge in [0.05, 0.1) is 6.42 Å². The smallest absolute Gasteiger partial charge is 0.471 e. The fraction of sp³-hybridized carbons (Fsp3) is 0.778. The number of carboxylic acid groups (broad SMARTS) is 1. The Morgan fingerprint density at radius 3 is 2.12 bits per heavy atom. The SMILES string of the molecule is CC(C)C(CNC(=O)C(F)(F)F)CC(=O)O. The molecule has 1 unspecified atom stereocenters. The summed E-state index contributed by atoms with van der Waals surface area (Å²) < 4.78 is 35.5. The monoisotopic (exact) mass is 241 g/mol. The lowest BCUT2D eigenvalue weighted by atomic mass is 9.92. The van der Waals surface area contributed by atoms with Crippen LogP contribution in [0.1, 0.15) is 20.3 Å². The van der Waals surface area contributed by atoms with Gasteiger partial charge in [0.15, 0.2) is 0 Å². The molecule has 0 heterocycles. The van der Waals surface area contributed by atoms with Gasteiger partial charge in [0, 0.05) is 6.54 Å². The minimum Gasteiger partial charge on any atom is -0.481 e. The maximum absolute atomic E-state index is 11.8. The molecule has 0 fully saturated rings. The molecule has 0 aliphatic rings. The molecule has 16 heavy (non-hydrogen) atoms. The van der Waals surface area contributed by atoms with Crippen LogP contribution >= 0.6 is 0 Å². The van der Waals surface area contributed by atoms with Crippen LogP contribution < -0.4 is 5.32 Å². The molecule has 0 aliphatic heterocycles. The van der Waals surface area contributed by atoms with Crippen molar-refractivity contribution in [1.29, 1.82) is 0 Å². The molecule has 1 amide bonds. The summed E-state index contributed by atoms with van der Waals surface area (Å²) in [6.45, 7) is 3.09. The van der Waals surface area contributed by atoms with Gasteiger partial charge in [0.25, 0.3) is 0 Å². The number of hydrogen-bond donors (Lipinski definition) is 2. The van der Waals surface area contributed by atoms with Crippen LogP contribution in [0.2, 0.25) is 0 Å². The van der Waals surface area contributed by atoms with Gasteiger partial charge in [-0.3, -0.25) is 9.59 Å². The lowest BCUT2D eigenvalue weighted by Gasteiger charge is -2.19. The van der Waals surface area contributed by atoms with E-state index in [4.69, 9.17) is 5.11 Å². The summed E-state index contributed by atoms with van der Waals surface area (Å²) in [5.74, 6) is -3.77. The highest BCUT2D eigenvalue weighted by molar-refractivity contribution is 5.81. The van der Waals surface area contributed by atoms with Crippen LogP contribution in [-0.2, 0) is 9.59 Å². The molecule has 94 valence electrons. The first-order chi connectivity index (χ1) is 7.14. The highest BCUT2D eigenvalue weighted by Crippen LogP contribution is 2.17. The van der Waals surface area contributed by atoms with Crippen molar-refractivity contribution in [3.05, 3.63) is 0 Å². The molecule has 1 atom stereocenters. The Kier molecular flexibility index (Phi) is 5.26. The minimum absolute atomic E-state index is 0.121. The molecule has 0 saturated heterocycles. The summed E-state index contributed by atoms with van der Waals surface area (Å²) in [6, 6.07) is 0. The topological polar surface area (TPSA) is 66.4 Å². The molecule has 0 spiro atoms. The second-order valence-corrected chi connectivity index (χ2v) is 3.81. The molecular formula is C9H14F3NO3. The van der Waals surface area contributed by atoms with Gasteiger partial charge in [0.2, 0.25) is 0 Å². The third kappa shape index (κ3) is 5.57. The normalized spacial score (nSPS) is 13.6. The maximum atomic E-state index is 11.8. The quantitative estimate of drug-likeness (QED) is 0.764. The van der Waals surface area contributed by atoms with Crippen LogP contribution in [0.15, 0.2) is 0 Å². The molecular weight excluding hydrogens is 227 g/mol. The highest BCUT2D eigenvalue weighted by atomic mass is 19.4. The standard InChI is InChI=1S/C9H14F3NO3/c1-5(2)6(3-7(14)15)4-13-8(16)9(10,11)12/h5-6H,3-4H2,1-2H3,(H,13,16)(H,14,15). The lowest BCUT2D eigenvalue weighted by Crippen LogP contribution is -2.40. The summed E-state index contributed by atoms with van der Waals surface area (Å²) in [5, 5.41) is 10.2. The molecule has 0 saturated carbocycles. The van der Waals surface area contributed by atoms with Gasteiger partial charge >= 0.3 is 18.1 Å². The first kappa shape index (κ1) is 14.7. The van der Waals surface area contributed by atoms with E-state index in [1.54, 1.807) is 19.2 Å². The number of alkyl halides is 3.